The molecule has 0 amide bonds. The molecule has 0 bridgehead atoms. The summed E-state index contributed by atoms with van der Waals surface area (Å²) >= 11 is 0. The molecule has 21 heavy (non-hydrogen) atoms. The van der Waals surface area contributed by atoms with Gasteiger partial charge in [-0.2, -0.15) is 17.0 Å². The number of carboxylic acids is 1. The molecule has 1 unspecified atom stereocenters. The van der Waals surface area contributed by atoms with Crippen molar-refractivity contribution in [3.8, 4) is 0 Å². The second-order valence-electron chi connectivity index (χ2n) is 5.79. The van der Waals surface area contributed by atoms with Gasteiger partial charge in [-0.15, -0.1) is 0 Å². The SMILES string of the molecule is CCCC1(C(=O)O)CCCN(S(=O)(=O)N2CCOCC2)C1. The monoisotopic (exact) mass is 320 g/mol. The fraction of sp³-hybridized carbons (Fsp3) is 0.923. The Morgan fingerprint density at radius 2 is 1.90 bits per heavy atom. The summed E-state index contributed by atoms with van der Waals surface area (Å²) in [4.78, 5) is 11.7. The van der Waals surface area contributed by atoms with Crippen LogP contribution in [0.1, 0.15) is 32.6 Å². The second-order valence-corrected chi connectivity index (χ2v) is 7.72. The number of nitrogens with zero attached hydrogens (tertiary/aromatic N) is 2. The normalized spacial score (nSPS) is 29.4. The minimum atomic E-state index is -3.58. The van der Waals surface area contributed by atoms with Crippen LogP contribution in [0.4, 0.5) is 0 Å². The molecule has 0 radical (unpaired) electrons. The van der Waals surface area contributed by atoms with E-state index in [0.717, 1.165) is 6.42 Å². The lowest BCUT2D eigenvalue weighted by molar-refractivity contribution is -0.152. The number of rotatable bonds is 5. The zero-order valence-corrected chi connectivity index (χ0v) is 13.3. The molecule has 7 nitrogen and oxygen atoms in total. The molecule has 2 aliphatic heterocycles. The van der Waals surface area contributed by atoms with Gasteiger partial charge in [0.25, 0.3) is 10.2 Å². The molecule has 0 aromatic rings. The Balaban J connectivity index is 2.17. The number of carboxylic acid groups (broad SMARTS) is 1. The van der Waals surface area contributed by atoms with E-state index in [-0.39, 0.29) is 6.54 Å². The number of morpholine rings is 1. The maximum Gasteiger partial charge on any atom is 0.310 e. The van der Waals surface area contributed by atoms with Crippen molar-refractivity contribution >= 4 is 16.2 Å². The van der Waals surface area contributed by atoms with Gasteiger partial charge in [0.05, 0.1) is 18.6 Å². The Morgan fingerprint density at radius 3 is 2.48 bits per heavy atom. The largest absolute Gasteiger partial charge is 0.481 e. The van der Waals surface area contributed by atoms with E-state index in [1.165, 1.54) is 8.61 Å². The summed E-state index contributed by atoms with van der Waals surface area (Å²) in [5.41, 5.74) is -0.938. The zero-order chi connectivity index (χ0) is 15.5. The first kappa shape index (κ1) is 16.7. The number of ether oxygens (including phenoxy) is 1. The minimum absolute atomic E-state index is 0.0792. The molecule has 122 valence electrons. The Morgan fingerprint density at radius 1 is 1.24 bits per heavy atom. The number of hydrogen-bond acceptors (Lipinski definition) is 4. The quantitative estimate of drug-likeness (QED) is 0.798. The fourth-order valence-electron chi connectivity index (χ4n) is 3.19. The summed E-state index contributed by atoms with van der Waals surface area (Å²) in [7, 11) is -3.58. The van der Waals surface area contributed by atoms with E-state index >= 15 is 0 Å². The van der Waals surface area contributed by atoms with E-state index in [9.17, 15) is 18.3 Å². The van der Waals surface area contributed by atoms with Crippen LogP contribution in [0.15, 0.2) is 0 Å². The lowest BCUT2D eigenvalue weighted by atomic mass is 9.77. The highest BCUT2D eigenvalue weighted by molar-refractivity contribution is 7.86. The van der Waals surface area contributed by atoms with E-state index in [0.29, 0.717) is 52.1 Å². The van der Waals surface area contributed by atoms with Gasteiger partial charge in [-0.1, -0.05) is 13.3 Å². The summed E-state index contributed by atoms with van der Waals surface area (Å²) in [6.07, 6.45) is 2.39. The van der Waals surface area contributed by atoms with Gasteiger partial charge in [-0.05, 0) is 19.3 Å². The molecule has 2 heterocycles. The van der Waals surface area contributed by atoms with Crippen molar-refractivity contribution in [2.45, 2.75) is 32.6 Å². The molecule has 0 aromatic heterocycles. The Bertz CT molecular complexity index is 471. The highest BCUT2D eigenvalue weighted by Crippen LogP contribution is 2.36. The summed E-state index contributed by atoms with van der Waals surface area (Å²) in [5, 5.41) is 9.56. The molecule has 1 N–H and O–H groups in total. The Kier molecular flexibility index (Phi) is 5.24. The van der Waals surface area contributed by atoms with Crippen LogP contribution in [0.25, 0.3) is 0 Å². The predicted molar refractivity (Wildman–Crippen MR) is 77.1 cm³/mol. The van der Waals surface area contributed by atoms with Crippen molar-refractivity contribution < 1.29 is 23.1 Å². The standard InChI is InChI=1S/C13H24N2O5S/c1-2-4-13(12(16)17)5-3-6-15(11-13)21(18,19)14-7-9-20-10-8-14/h2-11H2,1H3,(H,16,17). The first-order chi connectivity index (χ1) is 9.92. The summed E-state index contributed by atoms with van der Waals surface area (Å²) in [6, 6.07) is 0. The highest BCUT2D eigenvalue weighted by atomic mass is 32.2. The third-order valence-corrected chi connectivity index (χ3v) is 6.33. The summed E-state index contributed by atoms with van der Waals surface area (Å²) in [5.74, 6) is -0.883. The van der Waals surface area contributed by atoms with Gasteiger partial charge >= 0.3 is 5.97 Å². The molecule has 0 spiro atoms. The topological polar surface area (TPSA) is 87.2 Å². The van der Waals surface area contributed by atoms with Crippen LogP contribution < -0.4 is 0 Å². The van der Waals surface area contributed by atoms with Crippen molar-refractivity contribution in [2.75, 3.05) is 39.4 Å². The Hall–Kier alpha value is -0.700. The third kappa shape index (κ3) is 3.39. The van der Waals surface area contributed by atoms with E-state index in [1.54, 1.807) is 0 Å². The van der Waals surface area contributed by atoms with Crippen LogP contribution >= 0.6 is 0 Å². The summed E-state index contributed by atoms with van der Waals surface area (Å²) in [6.45, 7) is 3.88. The molecule has 2 rings (SSSR count). The molecule has 2 fully saturated rings. The number of piperidine rings is 1. The average molecular weight is 320 g/mol. The van der Waals surface area contributed by atoms with Gasteiger partial charge in [0, 0.05) is 26.2 Å². The number of hydrogen-bond donors (Lipinski definition) is 1. The van der Waals surface area contributed by atoms with E-state index < -0.39 is 21.6 Å². The molecular formula is C13H24N2O5S. The van der Waals surface area contributed by atoms with Gasteiger partial charge in [0.2, 0.25) is 0 Å². The van der Waals surface area contributed by atoms with Crippen molar-refractivity contribution in [2.24, 2.45) is 5.41 Å². The number of carbonyl (C=O) groups is 1. The molecular weight excluding hydrogens is 296 g/mol. The lowest BCUT2D eigenvalue weighted by Crippen LogP contribution is -2.55. The highest BCUT2D eigenvalue weighted by Gasteiger charge is 2.45. The zero-order valence-electron chi connectivity index (χ0n) is 12.5. The van der Waals surface area contributed by atoms with Crippen LogP contribution in [0, 0.1) is 5.41 Å². The van der Waals surface area contributed by atoms with Crippen molar-refractivity contribution in [3.05, 3.63) is 0 Å². The first-order valence-corrected chi connectivity index (χ1v) is 8.88. The smallest absolute Gasteiger partial charge is 0.310 e. The fourth-order valence-corrected chi connectivity index (χ4v) is 4.90. The molecule has 0 aromatic carbocycles. The second kappa shape index (κ2) is 6.60. The van der Waals surface area contributed by atoms with Gasteiger partial charge in [0.15, 0.2) is 0 Å². The van der Waals surface area contributed by atoms with E-state index in [1.807, 2.05) is 6.92 Å². The lowest BCUT2D eigenvalue weighted by Gasteiger charge is -2.41. The van der Waals surface area contributed by atoms with Crippen LogP contribution in [0.3, 0.4) is 0 Å². The van der Waals surface area contributed by atoms with Gasteiger partial charge in [-0.25, -0.2) is 0 Å². The predicted octanol–water partition coefficient (Wildman–Crippen LogP) is 0.530. The maximum absolute atomic E-state index is 12.7. The molecule has 1 atom stereocenters. The Labute approximate surface area is 126 Å². The molecule has 0 aliphatic carbocycles. The van der Waals surface area contributed by atoms with Crippen LogP contribution in [0.5, 0.6) is 0 Å². The van der Waals surface area contributed by atoms with Crippen molar-refractivity contribution in [1.82, 2.24) is 8.61 Å². The van der Waals surface area contributed by atoms with Crippen molar-refractivity contribution in [3.63, 3.8) is 0 Å². The third-order valence-electron chi connectivity index (χ3n) is 4.35. The van der Waals surface area contributed by atoms with Crippen molar-refractivity contribution in [1.29, 1.82) is 0 Å². The van der Waals surface area contributed by atoms with Crippen LogP contribution in [0.2, 0.25) is 0 Å². The van der Waals surface area contributed by atoms with E-state index in [4.69, 9.17) is 4.74 Å². The van der Waals surface area contributed by atoms with Crippen LogP contribution in [-0.4, -0.2) is 67.5 Å². The van der Waals surface area contributed by atoms with Gasteiger partial charge in [0.1, 0.15) is 0 Å². The first-order valence-electron chi connectivity index (χ1n) is 7.49. The maximum atomic E-state index is 12.7. The number of aliphatic carboxylic acids is 1. The summed E-state index contributed by atoms with van der Waals surface area (Å²) < 4.78 is 33.3. The average Bonchev–Trinajstić information content (AvgIpc) is 2.48. The van der Waals surface area contributed by atoms with Gasteiger partial charge < -0.3 is 9.84 Å². The van der Waals surface area contributed by atoms with Crippen LogP contribution in [-0.2, 0) is 19.7 Å². The van der Waals surface area contributed by atoms with E-state index in [2.05, 4.69) is 0 Å². The molecule has 2 aliphatic rings. The molecule has 0 saturated carbocycles. The minimum Gasteiger partial charge on any atom is -0.481 e. The molecule has 8 heteroatoms. The molecule has 2 saturated heterocycles. The van der Waals surface area contributed by atoms with Gasteiger partial charge in [-0.3, -0.25) is 4.79 Å².